The Morgan fingerprint density at radius 2 is 1.73 bits per heavy atom. The van der Waals surface area contributed by atoms with E-state index in [2.05, 4.69) is 5.32 Å². The predicted octanol–water partition coefficient (Wildman–Crippen LogP) is 1.25. The Morgan fingerprint density at radius 1 is 1.09 bits per heavy atom. The maximum atomic E-state index is 12.0. The lowest BCUT2D eigenvalue weighted by Crippen LogP contribution is -2.36. The van der Waals surface area contributed by atoms with E-state index in [1.807, 2.05) is 6.92 Å². The fourth-order valence-electron chi connectivity index (χ4n) is 1.70. The van der Waals surface area contributed by atoms with Crippen LogP contribution < -0.4 is 10.1 Å². The Balaban J connectivity index is 2.38. The van der Waals surface area contributed by atoms with Gasteiger partial charge in [-0.15, -0.1) is 0 Å². The molecule has 0 saturated carbocycles. The number of Topliss-reactive ketones (excluding diaryl/α,β-unsaturated/α-hetero) is 1. The molecule has 22 heavy (non-hydrogen) atoms. The molecule has 1 N–H and O–H groups in total. The number of carbonyl (C=O) groups excluding carboxylic acids is 3. The van der Waals surface area contributed by atoms with E-state index in [0.29, 0.717) is 17.9 Å². The van der Waals surface area contributed by atoms with Gasteiger partial charge in [-0.1, -0.05) is 0 Å². The summed E-state index contributed by atoms with van der Waals surface area (Å²) in [6, 6.07) is 6.82. The zero-order valence-corrected chi connectivity index (χ0v) is 13.2. The van der Waals surface area contributed by atoms with Crippen molar-refractivity contribution in [1.29, 1.82) is 0 Å². The molecule has 0 spiro atoms. The summed E-state index contributed by atoms with van der Waals surface area (Å²) in [4.78, 5) is 36.3. The maximum absolute atomic E-state index is 12.0. The molecule has 0 bridgehead atoms. The Hall–Kier alpha value is -2.37. The first-order chi connectivity index (χ1) is 10.4. The van der Waals surface area contributed by atoms with Crippen molar-refractivity contribution in [3.8, 4) is 5.75 Å². The van der Waals surface area contributed by atoms with Gasteiger partial charge in [0, 0.05) is 32.5 Å². The smallest absolute Gasteiger partial charge is 0.241 e. The van der Waals surface area contributed by atoms with E-state index < -0.39 is 0 Å². The second kappa shape index (κ2) is 8.81. The summed E-state index contributed by atoms with van der Waals surface area (Å²) in [7, 11) is 3.23. The van der Waals surface area contributed by atoms with E-state index >= 15 is 0 Å². The van der Waals surface area contributed by atoms with Crippen LogP contribution in [0.5, 0.6) is 5.75 Å². The second-order valence-corrected chi connectivity index (χ2v) is 4.95. The fourth-order valence-corrected chi connectivity index (χ4v) is 1.70. The van der Waals surface area contributed by atoms with Gasteiger partial charge in [-0.25, -0.2) is 0 Å². The molecule has 0 unspecified atom stereocenters. The number of hydrogen-bond acceptors (Lipinski definition) is 4. The molecule has 120 valence electrons. The van der Waals surface area contributed by atoms with E-state index in [9.17, 15) is 14.4 Å². The van der Waals surface area contributed by atoms with Crippen LogP contribution in [0.4, 0.5) is 0 Å². The summed E-state index contributed by atoms with van der Waals surface area (Å²) in [5, 5.41) is 2.49. The van der Waals surface area contributed by atoms with E-state index in [0.717, 1.165) is 0 Å². The number of amides is 2. The predicted molar refractivity (Wildman–Crippen MR) is 82.9 cm³/mol. The SMILES string of the molecule is CCOc1ccc(C(=O)CCC(=O)NCC(=O)N(C)C)cc1. The first-order valence-corrected chi connectivity index (χ1v) is 7.17. The molecule has 1 aromatic carbocycles. The number of ketones is 1. The number of benzene rings is 1. The number of likely N-dealkylation sites (N-methyl/N-ethyl adjacent to an activating group) is 1. The highest BCUT2D eigenvalue weighted by Crippen LogP contribution is 2.13. The average Bonchev–Trinajstić information content (AvgIpc) is 2.51. The molecule has 1 aromatic rings. The third-order valence-electron chi connectivity index (χ3n) is 3.00. The average molecular weight is 306 g/mol. The van der Waals surface area contributed by atoms with Crippen molar-refractivity contribution in [1.82, 2.24) is 10.2 Å². The van der Waals surface area contributed by atoms with E-state index in [-0.39, 0.29) is 37.0 Å². The molecule has 0 saturated heterocycles. The van der Waals surface area contributed by atoms with Crippen LogP contribution in [0.15, 0.2) is 24.3 Å². The largest absolute Gasteiger partial charge is 0.494 e. The molecule has 0 fully saturated rings. The molecule has 0 aliphatic rings. The quantitative estimate of drug-likeness (QED) is 0.734. The maximum Gasteiger partial charge on any atom is 0.241 e. The first kappa shape index (κ1) is 17.7. The highest BCUT2D eigenvalue weighted by atomic mass is 16.5. The Labute approximate surface area is 130 Å². The minimum Gasteiger partial charge on any atom is -0.494 e. The molecule has 0 aromatic heterocycles. The monoisotopic (exact) mass is 306 g/mol. The molecule has 2 amide bonds. The van der Waals surface area contributed by atoms with E-state index in [1.54, 1.807) is 38.4 Å². The van der Waals surface area contributed by atoms with Crippen LogP contribution in [-0.2, 0) is 9.59 Å². The van der Waals surface area contributed by atoms with Gasteiger partial charge < -0.3 is 15.0 Å². The van der Waals surface area contributed by atoms with Crippen molar-refractivity contribution in [3.05, 3.63) is 29.8 Å². The van der Waals surface area contributed by atoms with Gasteiger partial charge in [0.1, 0.15) is 5.75 Å². The summed E-state index contributed by atoms with van der Waals surface area (Å²) in [5.41, 5.74) is 0.542. The number of hydrogen-bond donors (Lipinski definition) is 1. The molecule has 0 atom stereocenters. The summed E-state index contributed by atoms with van der Waals surface area (Å²) in [6.07, 6.45) is 0.169. The number of nitrogens with one attached hydrogen (secondary N) is 1. The van der Waals surface area contributed by atoms with Gasteiger partial charge in [-0.2, -0.15) is 0 Å². The van der Waals surface area contributed by atoms with Crippen LogP contribution in [-0.4, -0.2) is 49.7 Å². The molecular weight excluding hydrogens is 284 g/mol. The van der Waals surface area contributed by atoms with Gasteiger partial charge in [0.25, 0.3) is 0 Å². The molecule has 0 aliphatic heterocycles. The third kappa shape index (κ3) is 5.95. The van der Waals surface area contributed by atoms with Gasteiger partial charge in [-0.05, 0) is 31.2 Å². The lowest BCUT2D eigenvalue weighted by molar-refractivity contribution is -0.130. The Morgan fingerprint density at radius 3 is 2.27 bits per heavy atom. The number of nitrogens with zero attached hydrogens (tertiary/aromatic N) is 1. The van der Waals surface area contributed by atoms with Crippen LogP contribution in [0.2, 0.25) is 0 Å². The van der Waals surface area contributed by atoms with E-state index in [4.69, 9.17) is 4.74 Å². The summed E-state index contributed by atoms with van der Waals surface area (Å²) in [5.74, 6) is 0.0943. The van der Waals surface area contributed by atoms with Gasteiger partial charge in [-0.3, -0.25) is 14.4 Å². The van der Waals surface area contributed by atoms with Crippen molar-refractivity contribution in [2.75, 3.05) is 27.2 Å². The lowest BCUT2D eigenvalue weighted by Gasteiger charge is -2.10. The van der Waals surface area contributed by atoms with Gasteiger partial charge in [0.05, 0.1) is 13.2 Å². The van der Waals surface area contributed by atoms with Gasteiger partial charge >= 0.3 is 0 Å². The van der Waals surface area contributed by atoms with Gasteiger partial charge in [0.2, 0.25) is 11.8 Å². The van der Waals surface area contributed by atoms with Crippen LogP contribution in [0.25, 0.3) is 0 Å². The van der Waals surface area contributed by atoms with Crippen LogP contribution in [0.3, 0.4) is 0 Å². The zero-order chi connectivity index (χ0) is 16.5. The summed E-state index contributed by atoms with van der Waals surface area (Å²) >= 11 is 0. The molecule has 6 nitrogen and oxygen atoms in total. The molecule has 0 radical (unpaired) electrons. The van der Waals surface area contributed by atoms with Crippen molar-refractivity contribution in [2.24, 2.45) is 0 Å². The number of carbonyl (C=O) groups is 3. The zero-order valence-electron chi connectivity index (χ0n) is 13.2. The normalized spacial score (nSPS) is 9.95. The van der Waals surface area contributed by atoms with Crippen molar-refractivity contribution in [3.63, 3.8) is 0 Å². The molecule has 6 heteroatoms. The Kier molecular flexibility index (Phi) is 7.08. The number of rotatable bonds is 8. The summed E-state index contributed by atoms with van der Waals surface area (Å²) < 4.78 is 5.30. The first-order valence-electron chi connectivity index (χ1n) is 7.17. The van der Waals surface area contributed by atoms with Crippen molar-refractivity contribution >= 4 is 17.6 Å². The highest BCUT2D eigenvalue weighted by Gasteiger charge is 2.11. The van der Waals surface area contributed by atoms with Crippen molar-refractivity contribution < 1.29 is 19.1 Å². The third-order valence-corrected chi connectivity index (χ3v) is 3.00. The standard InChI is InChI=1S/C16H22N2O4/c1-4-22-13-7-5-12(6-8-13)14(19)9-10-15(20)17-11-16(21)18(2)3/h5-8H,4,9-11H2,1-3H3,(H,17,20). The Bertz CT molecular complexity index is 523. The molecule has 0 heterocycles. The topological polar surface area (TPSA) is 75.7 Å². The second-order valence-electron chi connectivity index (χ2n) is 4.95. The lowest BCUT2D eigenvalue weighted by atomic mass is 10.1. The highest BCUT2D eigenvalue weighted by molar-refractivity contribution is 5.98. The minimum absolute atomic E-state index is 0.0525. The van der Waals surface area contributed by atoms with Crippen LogP contribution >= 0.6 is 0 Å². The molecule has 0 aliphatic carbocycles. The van der Waals surface area contributed by atoms with Crippen molar-refractivity contribution in [2.45, 2.75) is 19.8 Å². The van der Waals surface area contributed by atoms with Crippen LogP contribution in [0, 0.1) is 0 Å². The number of ether oxygens (including phenoxy) is 1. The van der Waals surface area contributed by atoms with E-state index in [1.165, 1.54) is 4.90 Å². The van der Waals surface area contributed by atoms with Crippen LogP contribution in [0.1, 0.15) is 30.1 Å². The minimum atomic E-state index is -0.311. The summed E-state index contributed by atoms with van der Waals surface area (Å²) in [6.45, 7) is 2.40. The molecular formula is C16H22N2O4. The fraction of sp³-hybridized carbons (Fsp3) is 0.438. The van der Waals surface area contributed by atoms with Gasteiger partial charge in [0.15, 0.2) is 5.78 Å². The molecule has 1 rings (SSSR count).